The molecule has 0 aromatic rings. The van der Waals surface area contributed by atoms with Crippen LogP contribution in [0.25, 0.3) is 0 Å². The van der Waals surface area contributed by atoms with Gasteiger partial charge in [0.2, 0.25) is 0 Å². The van der Waals surface area contributed by atoms with Crippen LogP contribution in [0.2, 0.25) is 0 Å². The summed E-state index contributed by atoms with van der Waals surface area (Å²) in [5.74, 6) is -12.6. The first-order valence-corrected chi connectivity index (χ1v) is 15.8. The van der Waals surface area contributed by atoms with Gasteiger partial charge in [0.25, 0.3) is 0 Å². The van der Waals surface area contributed by atoms with Gasteiger partial charge in [-0.05, 0) is 85.3 Å². The first-order chi connectivity index (χ1) is 21.0. The molecule has 18 heteroatoms. The molecular weight excluding hydrogens is 646 g/mol. The first kappa shape index (κ1) is 44.0. The number of aliphatic carboxylic acids is 4. The summed E-state index contributed by atoms with van der Waals surface area (Å²) in [6.45, 7) is 9.12. The molecule has 0 bridgehead atoms. The Balaban J connectivity index is 6.58. The van der Waals surface area contributed by atoms with E-state index in [-0.39, 0.29) is 18.6 Å². The highest BCUT2D eigenvalue weighted by atomic mass is 32.2. The van der Waals surface area contributed by atoms with Crippen molar-refractivity contribution in [3.8, 4) is 0 Å². The fourth-order valence-electron chi connectivity index (χ4n) is 4.47. The molecule has 0 aliphatic carbocycles. The summed E-state index contributed by atoms with van der Waals surface area (Å²) < 4.78 is 10.6. The molecule has 47 heavy (non-hydrogen) atoms. The molecule has 12 N–H and O–H groups in total. The van der Waals surface area contributed by atoms with E-state index in [1.54, 1.807) is 20.8 Å². The zero-order chi connectivity index (χ0) is 37.2. The smallest absolute Gasteiger partial charge is 0.337 e. The Kier molecular flexibility index (Phi) is 15.8. The number of nitrogens with two attached hydrogens (primary N) is 3. The summed E-state index contributed by atoms with van der Waals surface area (Å²) in [5, 5.41) is 60.0. The molecule has 0 saturated carbocycles. The SMILES string of the molecule is CC(C)(C)OC(=O)[C@@](N)(CCC(=O)O)SCCC(CCC(O)(O)[C@](N)(CCC(=O)O)C(=O)OC(C)(C)C)[C@](N)(CCC(=O)O)C(=O)O. The van der Waals surface area contributed by atoms with Gasteiger partial charge in [-0.2, -0.15) is 0 Å². The van der Waals surface area contributed by atoms with Gasteiger partial charge >= 0.3 is 35.8 Å². The van der Waals surface area contributed by atoms with Gasteiger partial charge in [0.15, 0.2) is 16.2 Å². The Bertz CT molecular complexity index is 1150. The average Bonchev–Trinajstić information content (AvgIpc) is 2.88. The average molecular weight is 698 g/mol. The highest BCUT2D eigenvalue weighted by molar-refractivity contribution is 8.01. The third-order valence-corrected chi connectivity index (χ3v) is 8.54. The second kappa shape index (κ2) is 16.9. The standard InChI is InChI=1S/C29H51N3O14S/c1-24(2,3)45-22(41)27(31,13-9-19(35)36)29(43,44)15-7-17(26(30,21(39)40)12-8-18(33)34)11-16-47-28(32,14-10-20(37)38)23(42)46-25(4,5)6/h17,43-44H,7-16,30-32H2,1-6H3,(H,33,34)(H,35,36)(H,37,38)(H,39,40)/t17?,26-,27+,28-/m1/s1. The molecule has 0 aromatic carbocycles. The number of hydrogen-bond donors (Lipinski definition) is 9. The minimum absolute atomic E-state index is 0.165. The number of rotatable bonds is 21. The zero-order valence-corrected chi connectivity index (χ0v) is 28.6. The Morgan fingerprint density at radius 3 is 1.49 bits per heavy atom. The van der Waals surface area contributed by atoms with Crippen LogP contribution < -0.4 is 17.2 Å². The fraction of sp³-hybridized carbons (Fsp3) is 0.793. The molecule has 0 rings (SSSR count). The second-order valence-corrected chi connectivity index (χ2v) is 15.0. The lowest BCUT2D eigenvalue weighted by Gasteiger charge is -2.42. The van der Waals surface area contributed by atoms with E-state index in [4.69, 9.17) is 26.7 Å². The van der Waals surface area contributed by atoms with Gasteiger partial charge in [0.1, 0.15) is 16.7 Å². The number of carboxylic acid groups (broad SMARTS) is 4. The molecule has 1 unspecified atom stereocenters. The molecule has 0 aromatic heterocycles. The lowest BCUT2D eigenvalue weighted by Crippen LogP contribution is -2.67. The quantitative estimate of drug-likeness (QED) is 0.0585. The summed E-state index contributed by atoms with van der Waals surface area (Å²) >= 11 is 0.743. The van der Waals surface area contributed by atoms with Crippen molar-refractivity contribution in [3.05, 3.63) is 0 Å². The monoisotopic (exact) mass is 697 g/mol. The summed E-state index contributed by atoms with van der Waals surface area (Å²) in [7, 11) is 0. The van der Waals surface area contributed by atoms with E-state index < -0.39 is 120 Å². The zero-order valence-electron chi connectivity index (χ0n) is 27.7. The van der Waals surface area contributed by atoms with Crippen LogP contribution in [0.1, 0.15) is 99.3 Å². The van der Waals surface area contributed by atoms with Crippen molar-refractivity contribution in [2.45, 2.75) is 132 Å². The Hall–Kier alpha value is -3.03. The Morgan fingerprint density at radius 2 is 1.06 bits per heavy atom. The minimum atomic E-state index is -3.18. The lowest BCUT2D eigenvalue weighted by atomic mass is 9.74. The van der Waals surface area contributed by atoms with Gasteiger partial charge in [0.05, 0.1) is 0 Å². The second-order valence-electron chi connectivity index (χ2n) is 13.6. The van der Waals surface area contributed by atoms with E-state index in [2.05, 4.69) is 0 Å². The fourth-order valence-corrected chi connectivity index (χ4v) is 5.64. The molecule has 17 nitrogen and oxygen atoms in total. The van der Waals surface area contributed by atoms with Crippen LogP contribution in [0.4, 0.5) is 0 Å². The van der Waals surface area contributed by atoms with Gasteiger partial charge in [-0.3, -0.25) is 19.2 Å². The number of carboxylic acids is 4. The van der Waals surface area contributed by atoms with Crippen molar-refractivity contribution in [2.24, 2.45) is 23.1 Å². The molecule has 0 aliphatic rings. The van der Waals surface area contributed by atoms with E-state index in [0.717, 1.165) is 11.8 Å². The third kappa shape index (κ3) is 14.3. The van der Waals surface area contributed by atoms with Crippen molar-refractivity contribution < 1.29 is 68.9 Å². The van der Waals surface area contributed by atoms with Gasteiger partial charge in [0, 0.05) is 25.7 Å². The molecule has 0 aliphatic heterocycles. The van der Waals surface area contributed by atoms with Crippen LogP contribution in [0, 0.1) is 5.92 Å². The molecule has 0 saturated heterocycles. The number of aliphatic hydroxyl groups is 2. The van der Waals surface area contributed by atoms with Gasteiger partial charge in [-0.15, -0.1) is 11.8 Å². The predicted octanol–water partition coefficient (Wildman–Crippen LogP) is 0.599. The Labute approximate surface area is 277 Å². The van der Waals surface area contributed by atoms with Crippen LogP contribution in [0.3, 0.4) is 0 Å². The molecule has 0 fully saturated rings. The number of hydrogen-bond acceptors (Lipinski definition) is 14. The van der Waals surface area contributed by atoms with Crippen molar-refractivity contribution in [1.29, 1.82) is 0 Å². The van der Waals surface area contributed by atoms with Crippen LogP contribution >= 0.6 is 11.8 Å². The van der Waals surface area contributed by atoms with Crippen molar-refractivity contribution in [2.75, 3.05) is 5.75 Å². The van der Waals surface area contributed by atoms with E-state index in [1.807, 2.05) is 0 Å². The number of carbonyl (C=O) groups excluding carboxylic acids is 2. The van der Waals surface area contributed by atoms with Crippen molar-refractivity contribution in [3.63, 3.8) is 0 Å². The van der Waals surface area contributed by atoms with Crippen molar-refractivity contribution in [1.82, 2.24) is 0 Å². The summed E-state index contributed by atoms with van der Waals surface area (Å²) in [5.41, 5.74) is 11.5. The predicted molar refractivity (Wildman–Crippen MR) is 168 cm³/mol. The minimum Gasteiger partial charge on any atom is -0.481 e. The number of ether oxygens (including phenoxy) is 2. The maximum atomic E-state index is 13.1. The van der Waals surface area contributed by atoms with E-state index in [9.17, 15) is 59.4 Å². The number of thioether (sulfide) groups is 1. The highest BCUT2D eigenvalue weighted by Gasteiger charge is 2.55. The van der Waals surface area contributed by atoms with Gasteiger partial charge in [-0.1, -0.05) is 0 Å². The molecular formula is C29H51N3O14S. The first-order valence-electron chi connectivity index (χ1n) is 14.8. The summed E-state index contributed by atoms with van der Waals surface area (Å²) in [4.78, 5) is 70.5. The molecule has 0 amide bonds. The maximum absolute atomic E-state index is 13.1. The van der Waals surface area contributed by atoms with E-state index in [0.29, 0.717) is 0 Å². The van der Waals surface area contributed by atoms with Crippen LogP contribution in [-0.2, 0) is 38.2 Å². The third-order valence-electron chi connectivity index (χ3n) is 7.21. The van der Waals surface area contributed by atoms with Crippen molar-refractivity contribution >= 4 is 47.6 Å². The van der Waals surface area contributed by atoms with E-state index in [1.165, 1.54) is 20.8 Å². The van der Waals surface area contributed by atoms with Crippen LogP contribution in [0.5, 0.6) is 0 Å². The van der Waals surface area contributed by atoms with Crippen LogP contribution in [-0.4, -0.2) is 105 Å². The van der Waals surface area contributed by atoms with Gasteiger partial charge < -0.3 is 57.3 Å². The molecule has 0 heterocycles. The molecule has 4 atom stereocenters. The van der Waals surface area contributed by atoms with Crippen LogP contribution in [0.15, 0.2) is 0 Å². The maximum Gasteiger partial charge on any atom is 0.337 e. The lowest BCUT2D eigenvalue weighted by molar-refractivity contribution is -0.232. The molecule has 0 radical (unpaired) electrons. The highest BCUT2D eigenvalue weighted by Crippen LogP contribution is 2.38. The summed E-state index contributed by atoms with van der Waals surface area (Å²) in [6, 6.07) is 0. The van der Waals surface area contributed by atoms with Gasteiger partial charge in [-0.25, -0.2) is 9.59 Å². The topological polar surface area (TPSA) is 320 Å². The Morgan fingerprint density at radius 1 is 0.638 bits per heavy atom. The van der Waals surface area contributed by atoms with E-state index >= 15 is 0 Å². The molecule has 272 valence electrons. The normalized spacial score (nSPS) is 16.9. The largest absolute Gasteiger partial charge is 0.481 e. The number of carbonyl (C=O) groups is 6. The summed E-state index contributed by atoms with van der Waals surface area (Å²) in [6.07, 6.45) is -5.35. The molecule has 0 spiro atoms. The number of esters is 2.